The molecule has 0 N–H and O–H groups in total. The molecule has 0 aromatic heterocycles. The third kappa shape index (κ3) is 3.27. The Balaban J connectivity index is 1.84. The van der Waals surface area contributed by atoms with Crippen molar-refractivity contribution in [3.05, 3.63) is 96.1 Å². The van der Waals surface area contributed by atoms with Gasteiger partial charge in [-0.25, -0.2) is 0 Å². The maximum atomic E-state index is 13.6. The van der Waals surface area contributed by atoms with E-state index in [4.69, 9.17) is 4.84 Å². The second kappa shape index (κ2) is 7.87. The fourth-order valence-corrected chi connectivity index (χ4v) is 4.02. The highest BCUT2D eigenvalue weighted by Gasteiger charge is 2.36. The molecule has 0 radical (unpaired) electrons. The monoisotopic (exact) mass is 372 g/mol. The molecule has 3 aromatic rings. The number of hydrogen-bond acceptors (Lipinski definition) is 3. The number of carbonyl (C=O) groups is 1. The molecule has 0 bridgehead atoms. The maximum Gasteiger partial charge on any atom is 0.258 e. The average molecular weight is 372 g/mol. The van der Waals surface area contributed by atoms with E-state index >= 15 is 0 Å². The van der Waals surface area contributed by atoms with Crippen molar-refractivity contribution in [1.82, 2.24) is 0 Å². The summed E-state index contributed by atoms with van der Waals surface area (Å²) in [7, 11) is 1.69. The number of fused-ring (bicyclic) bond motifs is 1. The zero-order valence-electron chi connectivity index (χ0n) is 16.2. The van der Waals surface area contributed by atoms with E-state index in [1.54, 1.807) is 7.11 Å². The molecule has 4 rings (SSSR count). The van der Waals surface area contributed by atoms with Crippen molar-refractivity contribution < 1.29 is 9.63 Å². The lowest BCUT2D eigenvalue weighted by Crippen LogP contribution is -2.45. The van der Waals surface area contributed by atoms with Crippen LogP contribution in [-0.4, -0.2) is 19.1 Å². The standard InChI is InChI=1S/C24H24N2O2/c1-18-17-23(21-15-9-10-16-22(21)26(18)28-2)25(20-13-7-4-8-14-20)24(27)19-11-5-3-6-12-19/h3-16,18,23H,17H2,1-2H3. The maximum absolute atomic E-state index is 13.6. The Hall–Kier alpha value is -3.11. The number of hydrogen-bond donors (Lipinski definition) is 0. The van der Waals surface area contributed by atoms with Crippen LogP contribution in [0.15, 0.2) is 84.9 Å². The van der Waals surface area contributed by atoms with Gasteiger partial charge in [-0.2, -0.15) is 0 Å². The fourth-order valence-electron chi connectivity index (χ4n) is 4.02. The van der Waals surface area contributed by atoms with Gasteiger partial charge in [0.05, 0.1) is 24.9 Å². The van der Waals surface area contributed by atoms with E-state index in [9.17, 15) is 4.79 Å². The van der Waals surface area contributed by atoms with Crippen LogP contribution in [0.4, 0.5) is 11.4 Å². The number of benzene rings is 3. The Kier molecular flexibility index (Phi) is 5.13. The van der Waals surface area contributed by atoms with E-state index < -0.39 is 0 Å². The molecule has 2 unspecified atom stereocenters. The quantitative estimate of drug-likeness (QED) is 0.628. The molecule has 1 aliphatic rings. The number of rotatable bonds is 4. The van der Waals surface area contributed by atoms with Crippen LogP contribution in [0.5, 0.6) is 0 Å². The second-order valence-corrected chi connectivity index (χ2v) is 7.04. The molecule has 4 heteroatoms. The Morgan fingerprint density at radius 3 is 2.21 bits per heavy atom. The lowest BCUT2D eigenvalue weighted by molar-refractivity contribution is 0.0959. The zero-order valence-corrected chi connectivity index (χ0v) is 16.2. The predicted octanol–water partition coefficient (Wildman–Crippen LogP) is 5.23. The predicted molar refractivity (Wildman–Crippen MR) is 112 cm³/mol. The minimum absolute atomic E-state index is 0.00432. The molecular formula is C24H24N2O2. The van der Waals surface area contributed by atoms with E-state index in [0.29, 0.717) is 5.56 Å². The summed E-state index contributed by atoms with van der Waals surface area (Å²) >= 11 is 0. The molecule has 4 nitrogen and oxygen atoms in total. The molecule has 0 spiro atoms. The van der Waals surface area contributed by atoms with Crippen LogP contribution < -0.4 is 9.96 Å². The molecule has 1 heterocycles. The van der Waals surface area contributed by atoms with Gasteiger partial charge in [-0.1, -0.05) is 54.6 Å². The minimum Gasteiger partial charge on any atom is -0.301 e. The average Bonchev–Trinajstić information content (AvgIpc) is 2.75. The van der Waals surface area contributed by atoms with Crippen LogP contribution in [-0.2, 0) is 4.84 Å². The topological polar surface area (TPSA) is 32.8 Å². The lowest BCUT2D eigenvalue weighted by Gasteiger charge is -2.43. The molecular weight excluding hydrogens is 348 g/mol. The third-order valence-electron chi connectivity index (χ3n) is 5.28. The molecule has 3 aromatic carbocycles. The highest BCUT2D eigenvalue weighted by atomic mass is 16.7. The molecule has 1 aliphatic heterocycles. The summed E-state index contributed by atoms with van der Waals surface area (Å²) in [6.45, 7) is 2.13. The van der Waals surface area contributed by atoms with Crippen molar-refractivity contribution in [3.63, 3.8) is 0 Å². The molecule has 0 aliphatic carbocycles. The Morgan fingerprint density at radius 1 is 0.929 bits per heavy atom. The summed E-state index contributed by atoms with van der Waals surface area (Å²) in [5.74, 6) is 0.00432. The first-order valence-corrected chi connectivity index (χ1v) is 9.56. The largest absolute Gasteiger partial charge is 0.301 e. The fraction of sp³-hybridized carbons (Fsp3) is 0.208. The molecule has 1 amide bonds. The molecule has 28 heavy (non-hydrogen) atoms. The number of carbonyl (C=O) groups excluding carboxylic acids is 1. The van der Waals surface area contributed by atoms with Crippen molar-refractivity contribution in [2.24, 2.45) is 0 Å². The molecule has 2 atom stereocenters. The van der Waals surface area contributed by atoms with Gasteiger partial charge in [-0.3, -0.25) is 14.7 Å². The smallest absolute Gasteiger partial charge is 0.258 e. The van der Waals surface area contributed by atoms with Crippen molar-refractivity contribution in [1.29, 1.82) is 0 Å². The molecule has 142 valence electrons. The summed E-state index contributed by atoms with van der Waals surface area (Å²) in [6.07, 6.45) is 0.776. The number of nitrogens with zero attached hydrogens (tertiary/aromatic N) is 2. The minimum atomic E-state index is -0.0762. The van der Waals surface area contributed by atoms with Crippen LogP contribution in [0.25, 0.3) is 0 Å². The number of amides is 1. The molecule has 0 fully saturated rings. The summed E-state index contributed by atoms with van der Waals surface area (Å²) in [5, 5.41) is 1.93. The Morgan fingerprint density at radius 2 is 1.54 bits per heavy atom. The molecule has 0 saturated heterocycles. The van der Waals surface area contributed by atoms with Crippen molar-refractivity contribution in [2.45, 2.75) is 25.4 Å². The van der Waals surface area contributed by atoms with Gasteiger partial charge in [-0.15, -0.1) is 0 Å². The first-order chi connectivity index (χ1) is 13.7. The number of hydroxylamine groups is 1. The number of para-hydroxylation sites is 2. The van der Waals surface area contributed by atoms with Crippen molar-refractivity contribution in [2.75, 3.05) is 17.1 Å². The van der Waals surface area contributed by atoms with E-state index in [2.05, 4.69) is 19.1 Å². The van der Waals surface area contributed by atoms with E-state index in [1.165, 1.54) is 0 Å². The van der Waals surface area contributed by atoms with Crippen molar-refractivity contribution >= 4 is 17.3 Å². The van der Waals surface area contributed by atoms with Gasteiger partial charge in [0.1, 0.15) is 0 Å². The van der Waals surface area contributed by atoms with Crippen LogP contribution >= 0.6 is 0 Å². The lowest BCUT2D eigenvalue weighted by atomic mass is 9.91. The number of anilines is 2. The van der Waals surface area contributed by atoms with Crippen molar-refractivity contribution in [3.8, 4) is 0 Å². The SMILES string of the molecule is CON1c2ccccc2C(N(C(=O)c2ccccc2)c2ccccc2)CC1C. The van der Waals surface area contributed by atoms with Gasteiger partial charge in [0.2, 0.25) is 0 Å². The van der Waals surface area contributed by atoms with Gasteiger partial charge >= 0.3 is 0 Å². The first-order valence-electron chi connectivity index (χ1n) is 9.56. The first kappa shape index (κ1) is 18.3. The normalized spacial score (nSPS) is 18.4. The van der Waals surface area contributed by atoms with E-state index in [1.807, 2.05) is 82.8 Å². The highest BCUT2D eigenvalue weighted by molar-refractivity contribution is 6.06. The second-order valence-electron chi connectivity index (χ2n) is 7.04. The van der Waals surface area contributed by atoms with Gasteiger partial charge in [0.25, 0.3) is 5.91 Å². The molecule has 0 saturated carbocycles. The third-order valence-corrected chi connectivity index (χ3v) is 5.28. The summed E-state index contributed by atoms with van der Waals surface area (Å²) in [5.41, 5.74) is 3.69. The van der Waals surface area contributed by atoms with E-state index in [-0.39, 0.29) is 18.0 Å². The Labute approximate surface area is 165 Å². The van der Waals surface area contributed by atoms with Gasteiger partial charge in [0, 0.05) is 16.8 Å². The van der Waals surface area contributed by atoms with Crippen LogP contribution in [0.3, 0.4) is 0 Å². The Bertz CT molecular complexity index is 943. The zero-order chi connectivity index (χ0) is 19.5. The van der Waals surface area contributed by atoms with E-state index in [0.717, 1.165) is 23.4 Å². The highest BCUT2D eigenvalue weighted by Crippen LogP contribution is 2.42. The van der Waals surface area contributed by atoms with Gasteiger partial charge in [0.15, 0.2) is 0 Å². The summed E-state index contributed by atoms with van der Waals surface area (Å²) in [6, 6.07) is 27.6. The van der Waals surface area contributed by atoms with Crippen LogP contribution in [0.1, 0.15) is 35.3 Å². The van der Waals surface area contributed by atoms with Gasteiger partial charge < -0.3 is 4.90 Å². The summed E-state index contributed by atoms with van der Waals surface area (Å²) < 4.78 is 0. The summed E-state index contributed by atoms with van der Waals surface area (Å²) in [4.78, 5) is 21.2. The van der Waals surface area contributed by atoms with Crippen LogP contribution in [0, 0.1) is 0 Å². The van der Waals surface area contributed by atoms with Gasteiger partial charge in [-0.05, 0) is 43.7 Å². The van der Waals surface area contributed by atoms with Crippen LogP contribution in [0.2, 0.25) is 0 Å².